The first-order valence-corrected chi connectivity index (χ1v) is 9.09. The monoisotopic (exact) mass is 372 g/mol. The molecule has 4 aromatic rings. The van der Waals surface area contributed by atoms with E-state index in [9.17, 15) is 4.79 Å². The Labute approximate surface area is 163 Å². The number of hydrogen-bond acceptors (Lipinski definition) is 4. The van der Waals surface area contributed by atoms with Gasteiger partial charge in [-0.1, -0.05) is 48.0 Å². The lowest BCUT2D eigenvalue weighted by Crippen LogP contribution is -2.07. The van der Waals surface area contributed by atoms with E-state index >= 15 is 0 Å². The maximum Gasteiger partial charge on any atom is 0.235 e. The Hall–Kier alpha value is -3.53. The van der Waals surface area contributed by atoms with E-state index in [0.29, 0.717) is 34.8 Å². The molecule has 0 N–H and O–H groups in total. The highest BCUT2D eigenvalue weighted by Gasteiger charge is 2.14. The summed E-state index contributed by atoms with van der Waals surface area (Å²) in [7, 11) is 0. The second-order valence-electron chi connectivity index (χ2n) is 6.66. The number of hydrogen-bond donors (Lipinski definition) is 0. The molecule has 0 bridgehead atoms. The minimum Gasteiger partial charge on any atom is -0.489 e. The molecule has 0 aliphatic heterocycles. The van der Waals surface area contributed by atoms with Gasteiger partial charge in [0.15, 0.2) is 0 Å². The number of rotatable bonds is 5. The Morgan fingerprint density at radius 1 is 0.857 bits per heavy atom. The highest BCUT2D eigenvalue weighted by Crippen LogP contribution is 2.27. The van der Waals surface area contributed by atoms with Crippen molar-refractivity contribution in [2.24, 2.45) is 0 Å². The fourth-order valence-corrected chi connectivity index (χ4v) is 2.93. The molecule has 1 aromatic heterocycles. The Balaban J connectivity index is 1.60. The summed E-state index contributed by atoms with van der Waals surface area (Å²) in [4.78, 5) is 12.9. The molecule has 0 spiro atoms. The van der Waals surface area contributed by atoms with Gasteiger partial charge in [0.25, 0.3) is 0 Å². The van der Waals surface area contributed by atoms with Gasteiger partial charge in [0.1, 0.15) is 29.4 Å². The van der Waals surface area contributed by atoms with E-state index < -0.39 is 0 Å². The van der Waals surface area contributed by atoms with Crippen LogP contribution in [-0.4, -0.2) is 0 Å². The van der Waals surface area contributed by atoms with Crippen molar-refractivity contribution in [1.29, 1.82) is 0 Å². The first kappa shape index (κ1) is 17.9. The third kappa shape index (κ3) is 3.76. The summed E-state index contributed by atoms with van der Waals surface area (Å²) in [5.41, 5.74) is 2.56. The molecule has 0 aliphatic carbocycles. The second-order valence-corrected chi connectivity index (χ2v) is 6.66. The van der Waals surface area contributed by atoms with Crippen LogP contribution < -0.4 is 14.9 Å². The predicted octanol–water partition coefficient (Wildman–Crippen LogP) is 5.78. The van der Waals surface area contributed by atoms with Crippen LogP contribution >= 0.6 is 0 Å². The number of para-hydroxylation sites is 1. The Morgan fingerprint density at radius 3 is 2.36 bits per heavy atom. The van der Waals surface area contributed by atoms with Gasteiger partial charge >= 0.3 is 0 Å². The zero-order chi connectivity index (χ0) is 19.5. The minimum atomic E-state index is -0.201. The molecule has 140 valence electrons. The van der Waals surface area contributed by atoms with Gasteiger partial charge in [-0.05, 0) is 43.7 Å². The quantitative estimate of drug-likeness (QED) is 0.445. The molecule has 1 heterocycles. The highest BCUT2D eigenvalue weighted by molar-refractivity contribution is 5.79. The summed E-state index contributed by atoms with van der Waals surface area (Å²) < 4.78 is 17.5. The standard InChI is InChI=1S/C24H20O4/c1-16-8-10-18(11-9-16)15-26-20-12-13-21-22(14-20)27-17(2)24(23(21)25)28-19-6-4-3-5-7-19/h3-14H,15H2,1-2H3. The average molecular weight is 372 g/mol. The zero-order valence-electron chi connectivity index (χ0n) is 15.8. The van der Waals surface area contributed by atoms with Crippen molar-refractivity contribution in [3.8, 4) is 17.2 Å². The van der Waals surface area contributed by atoms with E-state index in [1.54, 1.807) is 37.3 Å². The van der Waals surface area contributed by atoms with Gasteiger partial charge in [-0.2, -0.15) is 0 Å². The van der Waals surface area contributed by atoms with E-state index in [1.807, 2.05) is 37.3 Å². The maximum atomic E-state index is 12.9. The van der Waals surface area contributed by atoms with Crippen molar-refractivity contribution in [3.05, 3.63) is 99.9 Å². The third-order valence-electron chi connectivity index (χ3n) is 4.48. The molecular formula is C24H20O4. The summed E-state index contributed by atoms with van der Waals surface area (Å²) in [6.07, 6.45) is 0. The Bertz CT molecular complexity index is 1160. The van der Waals surface area contributed by atoms with Crippen LogP contribution in [-0.2, 0) is 6.61 Å². The lowest BCUT2D eigenvalue weighted by molar-refractivity contribution is 0.306. The molecule has 0 atom stereocenters. The van der Waals surface area contributed by atoms with Gasteiger partial charge in [0.2, 0.25) is 11.2 Å². The van der Waals surface area contributed by atoms with Crippen LogP contribution in [0.1, 0.15) is 16.9 Å². The lowest BCUT2D eigenvalue weighted by atomic mass is 10.1. The number of benzene rings is 3. The van der Waals surface area contributed by atoms with Crippen molar-refractivity contribution in [3.63, 3.8) is 0 Å². The molecule has 0 amide bonds. The van der Waals surface area contributed by atoms with E-state index in [4.69, 9.17) is 13.9 Å². The van der Waals surface area contributed by atoms with Crippen LogP contribution in [0.25, 0.3) is 11.0 Å². The van der Waals surface area contributed by atoms with E-state index in [0.717, 1.165) is 5.56 Å². The third-order valence-corrected chi connectivity index (χ3v) is 4.48. The predicted molar refractivity (Wildman–Crippen MR) is 109 cm³/mol. The first-order chi connectivity index (χ1) is 13.6. The molecule has 0 aliphatic rings. The minimum absolute atomic E-state index is 0.201. The fourth-order valence-electron chi connectivity index (χ4n) is 2.93. The van der Waals surface area contributed by atoms with Gasteiger partial charge in [0.05, 0.1) is 5.39 Å². The molecular weight excluding hydrogens is 352 g/mol. The molecule has 0 unspecified atom stereocenters. The SMILES string of the molecule is Cc1ccc(COc2ccc3c(=O)c(Oc4ccccc4)c(C)oc3c2)cc1. The second kappa shape index (κ2) is 7.61. The van der Waals surface area contributed by atoms with Crippen LogP contribution in [0, 0.1) is 13.8 Å². The van der Waals surface area contributed by atoms with Crippen molar-refractivity contribution >= 4 is 11.0 Å². The summed E-state index contributed by atoms with van der Waals surface area (Å²) in [5, 5.41) is 0.458. The number of fused-ring (bicyclic) bond motifs is 1. The lowest BCUT2D eigenvalue weighted by Gasteiger charge is -2.10. The Kier molecular flexibility index (Phi) is 4.85. The van der Waals surface area contributed by atoms with Gasteiger partial charge in [0, 0.05) is 6.07 Å². The van der Waals surface area contributed by atoms with Gasteiger partial charge in [-0.15, -0.1) is 0 Å². The van der Waals surface area contributed by atoms with Crippen molar-refractivity contribution in [2.45, 2.75) is 20.5 Å². The molecule has 4 rings (SSSR count). The number of ether oxygens (including phenoxy) is 2. The Morgan fingerprint density at radius 2 is 1.61 bits per heavy atom. The molecule has 0 fully saturated rings. The van der Waals surface area contributed by atoms with Gasteiger partial charge in [-0.25, -0.2) is 0 Å². The highest BCUT2D eigenvalue weighted by atomic mass is 16.5. The van der Waals surface area contributed by atoms with E-state index in [-0.39, 0.29) is 11.2 Å². The van der Waals surface area contributed by atoms with E-state index in [2.05, 4.69) is 12.1 Å². The van der Waals surface area contributed by atoms with Crippen LogP contribution in [0.3, 0.4) is 0 Å². The number of aryl methyl sites for hydroxylation is 2. The summed E-state index contributed by atoms with van der Waals surface area (Å²) in [6.45, 7) is 4.22. The zero-order valence-corrected chi connectivity index (χ0v) is 15.8. The summed E-state index contributed by atoms with van der Waals surface area (Å²) >= 11 is 0. The van der Waals surface area contributed by atoms with Crippen LogP contribution in [0.4, 0.5) is 0 Å². The average Bonchev–Trinajstić information content (AvgIpc) is 2.71. The van der Waals surface area contributed by atoms with Crippen LogP contribution in [0.5, 0.6) is 17.2 Å². The summed E-state index contributed by atoms with van der Waals surface area (Å²) in [6, 6.07) is 22.6. The first-order valence-electron chi connectivity index (χ1n) is 9.09. The van der Waals surface area contributed by atoms with Gasteiger partial charge < -0.3 is 13.9 Å². The molecule has 28 heavy (non-hydrogen) atoms. The molecule has 0 saturated heterocycles. The smallest absolute Gasteiger partial charge is 0.235 e. The van der Waals surface area contributed by atoms with Crippen LogP contribution in [0.15, 0.2) is 82.0 Å². The topological polar surface area (TPSA) is 48.7 Å². The largest absolute Gasteiger partial charge is 0.489 e. The molecule has 3 aromatic carbocycles. The normalized spacial score (nSPS) is 10.8. The van der Waals surface area contributed by atoms with Crippen LogP contribution in [0.2, 0.25) is 0 Å². The molecule has 4 heteroatoms. The fraction of sp³-hybridized carbons (Fsp3) is 0.125. The maximum absolute atomic E-state index is 12.9. The van der Waals surface area contributed by atoms with E-state index in [1.165, 1.54) is 5.56 Å². The summed E-state index contributed by atoms with van der Waals surface area (Å²) in [5.74, 6) is 1.87. The molecule has 4 nitrogen and oxygen atoms in total. The van der Waals surface area contributed by atoms with Crippen molar-refractivity contribution in [1.82, 2.24) is 0 Å². The van der Waals surface area contributed by atoms with Crippen molar-refractivity contribution < 1.29 is 13.9 Å². The molecule has 0 radical (unpaired) electrons. The van der Waals surface area contributed by atoms with Crippen molar-refractivity contribution in [2.75, 3.05) is 0 Å². The van der Waals surface area contributed by atoms with Gasteiger partial charge in [-0.3, -0.25) is 4.79 Å². The molecule has 0 saturated carbocycles.